The van der Waals surface area contributed by atoms with Crippen molar-refractivity contribution >= 4 is 31.6 Å². The second-order valence-corrected chi connectivity index (χ2v) is 9.29. The standard InChI is InChI=1S/C15H22N2O6S2/c1-3-23-9-4-8-16-25(21,22)14-11-13(6-5-12(14)2)17-15(18)7-10-24(17,19)20/h5-6,11,16H,3-4,7-10H2,1-2H3. The van der Waals surface area contributed by atoms with Gasteiger partial charge in [-0.3, -0.25) is 4.79 Å². The fourth-order valence-corrected chi connectivity index (χ4v) is 5.26. The molecule has 0 spiro atoms. The number of sulfonamides is 2. The maximum Gasteiger partial charge on any atom is 0.242 e. The SMILES string of the molecule is CCOCCCNS(=O)(=O)c1cc(N2C(=O)CCS2(=O)=O)ccc1C. The molecular weight excluding hydrogens is 368 g/mol. The normalized spacial score (nSPS) is 17.2. The lowest BCUT2D eigenvalue weighted by Crippen LogP contribution is -2.30. The molecule has 1 N–H and O–H groups in total. The molecule has 0 aliphatic carbocycles. The molecule has 140 valence electrons. The van der Waals surface area contributed by atoms with Gasteiger partial charge >= 0.3 is 0 Å². The molecule has 10 heteroatoms. The molecule has 1 saturated heterocycles. The number of rotatable bonds is 8. The van der Waals surface area contributed by atoms with Crippen molar-refractivity contribution in [1.82, 2.24) is 4.72 Å². The summed E-state index contributed by atoms with van der Waals surface area (Å²) in [5, 5.41) is 0. The minimum Gasteiger partial charge on any atom is -0.382 e. The molecule has 1 aliphatic heterocycles. The number of carbonyl (C=O) groups excluding carboxylic acids is 1. The maximum absolute atomic E-state index is 12.5. The molecule has 25 heavy (non-hydrogen) atoms. The molecule has 0 aromatic heterocycles. The third kappa shape index (κ3) is 4.57. The Morgan fingerprint density at radius 3 is 2.64 bits per heavy atom. The van der Waals surface area contributed by atoms with E-state index in [0.717, 1.165) is 0 Å². The number of ether oxygens (including phenoxy) is 1. The van der Waals surface area contributed by atoms with E-state index >= 15 is 0 Å². The van der Waals surface area contributed by atoms with Crippen LogP contribution in [0.25, 0.3) is 0 Å². The Balaban J connectivity index is 2.25. The van der Waals surface area contributed by atoms with Crippen LogP contribution in [-0.2, 0) is 29.6 Å². The molecule has 2 rings (SSSR count). The molecule has 1 aromatic carbocycles. The fourth-order valence-electron chi connectivity index (χ4n) is 2.48. The molecule has 8 nitrogen and oxygen atoms in total. The summed E-state index contributed by atoms with van der Waals surface area (Å²) in [7, 11) is -7.56. The van der Waals surface area contributed by atoms with Crippen molar-refractivity contribution in [2.45, 2.75) is 31.6 Å². The van der Waals surface area contributed by atoms with Crippen LogP contribution >= 0.6 is 0 Å². The first-order valence-corrected chi connectivity index (χ1v) is 11.0. The minimum absolute atomic E-state index is 0.0443. The average Bonchev–Trinajstić information content (AvgIpc) is 2.81. The minimum atomic E-state index is -3.82. The van der Waals surface area contributed by atoms with Crippen molar-refractivity contribution in [2.24, 2.45) is 0 Å². The Morgan fingerprint density at radius 1 is 1.32 bits per heavy atom. The first-order valence-electron chi connectivity index (χ1n) is 7.93. The van der Waals surface area contributed by atoms with E-state index in [1.807, 2.05) is 6.92 Å². The highest BCUT2D eigenvalue weighted by molar-refractivity contribution is 7.94. The van der Waals surface area contributed by atoms with Crippen LogP contribution in [0.3, 0.4) is 0 Å². The van der Waals surface area contributed by atoms with Crippen LogP contribution in [0.2, 0.25) is 0 Å². The largest absolute Gasteiger partial charge is 0.382 e. The van der Waals surface area contributed by atoms with Crippen LogP contribution in [0, 0.1) is 6.92 Å². The summed E-state index contributed by atoms with van der Waals surface area (Å²) >= 11 is 0. The van der Waals surface area contributed by atoms with Gasteiger partial charge in [0, 0.05) is 26.2 Å². The van der Waals surface area contributed by atoms with Gasteiger partial charge in [-0.2, -0.15) is 0 Å². The second kappa shape index (κ2) is 7.81. The topological polar surface area (TPSA) is 110 Å². The number of amides is 1. The van der Waals surface area contributed by atoms with E-state index in [2.05, 4.69) is 4.72 Å². The molecule has 1 heterocycles. The van der Waals surface area contributed by atoms with Crippen LogP contribution in [0.1, 0.15) is 25.3 Å². The first kappa shape index (κ1) is 19.8. The summed E-state index contributed by atoms with van der Waals surface area (Å²) in [6.45, 7) is 4.67. The predicted molar refractivity (Wildman–Crippen MR) is 93.4 cm³/mol. The quantitative estimate of drug-likeness (QED) is 0.657. The molecule has 1 aromatic rings. The van der Waals surface area contributed by atoms with E-state index in [-0.39, 0.29) is 29.3 Å². The van der Waals surface area contributed by atoms with Crippen LogP contribution in [0.5, 0.6) is 0 Å². The molecule has 0 unspecified atom stereocenters. The summed E-state index contributed by atoms with van der Waals surface area (Å²) in [5.74, 6) is -0.825. The van der Waals surface area contributed by atoms with Crippen LogP contribution < -0.4 is 9.03 Å². The van der Waals surface area contributed by atoms with E-state index in [4.69, 9.17) is 4.74 Å². The molecule has 0 bridgehead atoms. The maximum atomic E-state index is 12.5. The van der Waals surface area contributed by atoms with Gasteiger partial charge in [-0.1, -0.05) is 6.07 Å². The Hall–Kier alpha value is -1.49. The number of aryl methyl sites for hydroxylation is 1. The van der Waals surface area contributed by atoms with Crippen molar-refractivity contribution in [3.05, 3.63) is 23.8 Å². The smallest absolute Gasteiger partial charge is 0.242 e. The number of benzene rings is 1. The van der Waals surface area contributed by atoms with E-state index in [0.29, 0.717) is 29.5 Å². The van der Waals surface area contributed by atoms with Gasteiger partial charge in [0.25, 0.3) is 0 Å². The van der Waals surface area contributed by atoms with Gasteiger partial charge in [-0.15, -0.1) is 0 Å². The number of carbonyl (C=O) groups is 1. The highest BCUT2D eigenvalue weighted by atomic mass is 32.2. The van der Waals surface area contributed by atoms with Crippen LogP contribution in [0.15, 0.2) is 23.1 Å². The van der Waals surface area contributed by atoms with Crippen molar-refractivity contribution in [3.8, 4) is 0 Å². The van der Waals surface area contributed by atoms with Crippen LogP contribution in [0.4, 0.5) is 5.69 Å². The van der Waals surface area contributed by atoms with E-state index in [9.17, 15) is 21.6 Å². The Bertz CT molecular complexity index is 849. The molecule has 1 amide bonds. The van der Waals surface area contributed by atoms with E-state index in [1.165, 1.54) is 18.2 Å². The average molecular weight is 390 g/mol. The molecule has 0 saturated carbocycles. The number of nitrogens with zero attached hydrogens (tertiary/aromatic N) is 1. The van der Waals surface area contributed by atoms with Gasteiger partial charge < -0.3 is 4.74 Å². The zero-order valence-electron chi connectivity index (χ0n) is 14.2. The summed E-state index contributed by atoms with van der Waals surface area (Å²) < 4.78 is 57.3. The third-order valence-corrected chi connectivity index (χ3v) is 7.03. The third-order valence-electron chi connectivity index (χ3n) is 3.74. The summed E-state index contributed by atoms with van der Waals surface area (Å²) in [6, 6.07) is 4.15. The lowest BCUT2D eigenvalue weighted by molar-refractivity contribution is -0.116. The van der Waals surface area contributed by atoms with Crippen molar-refractivity contribution in [3.63, 3.8) is 0 Å². The predicted octanol–water partition coefficient (Wildman–Crippen LogP) is 0.766. The zero-order valence-corrected chi connectivity index (χ0v) is 15.8. The summed E-state index contributed by atoms with van der Waals surface area (Å²) in [6.07, 6.45) is 0.415. The van der Waals surface area contributed by atoms with Gasteiger partial charge in [-0.05, 0) is 38.0 Å². The van der Waals surface area contributed by atoms with Gasteiger partial charge in [0.05, 0.1) is 16.3 Å². The highest BCUT2D eigenvalue weighted by Crippen LogP contribution is 2.28. The van der Waals surface area contributed by atoms with Crippen molar-refractivity contribution in [1.29, 1.82) is 0 Å². The van der Waals surface area contributed by atoms with Gasteiger partial charge in [0.15, 0.2) is 0 Å². The number of anilines is 1. The van der Waals surface area contributed by atoms with Gasteiger partial charge in [0.2, 0.25) is 26.0 Å². The van der Waals surface area contributed by atoms with Crippen molar-refractivity contribution in [2.75, 3.05) is 29.8 Å². The van der Waals surface area contributed by atoms with Gasteiger partial charge in [0.1, 0.15) is 0 Å². The number of nitrogens with one attached hydrogen (secondary N) is 1. The van der Waals surface area contributed by atoms with E-state index in [1.54, 1.807) is 6.92 Å². The zero-order chi connectivity index (χ0) is 18.7. The van der Waals surface area contributed by atoms with Crippen molar-refractivity contribution < 1.29 is 26.4 Å². The number of hydrogen-bond acceptors (Lipinski definition) is 6. The Morgan fingerprint density at radius 2 is 2.04 bits per heavy atom. The summed E-state index contributed by atoms with van der Waals surface area (Å²) in [4.78, 5) is 11.8. The molecule has 0 radical (unpaired) electrons. The molecule has 0 atom stereocenters. The first-order chi connectivity index (χ1) is 11.7. The Labute approximate surface area is 148 Å². The highest BCUT2D eigenvalue weighted by Gasteiger charge is 2.36. The van der Waals surface area contributed by atoms with Crippen LogP contribution in [-0.4, -0.2) is 48.3 Å². The fraction of sp³-hybridized carbons (Fsp3) is 0.533. The lowest BCUT2D eigenvalue weighted by atomic mass is 10.2. The molecule has 1 aliphatic rings. The number of hydrogen-bond donors (Lipinski definition) is 1. The second-order valence-electron chi connectivity index (χ2n) is 5.62. The Kier molecular flexibility index (Phi) is 6.20. The molecule has 1 fully saturated rings. The monoisotopic (exact) mass is 390 g/mol. The van der Waals surface area contributed by atoms with E-state index < -0.39 is 26.0 Å². The lowest BCUT2D eigenvalue weighted by Gasteiger charge is -2.17. The summed E-state index contributed by atoms with van der Waals surface area (Å²) in [5.41, 5.74) is 0.507. The van der Waals surface area contributed by atoms with Gasteiger partial charge in [-0.25, -0.2) is 25.9 Å². The molecular formula is C15H22N2O6S2.